The van der Waals surface area contributed by atoms with E-state index in [2.05, 4.69) is 10.2 Å². The fourth-order valence-electron chi connectivity index (χ4n) is 3.90. The number of rotatable bonds is 7. The molecule has 2 N–H and O–H groups in total. The maximum Gasteiger partial charge on any atom is 0.307 e. The number of para-hydroxylation sites is 2. The first-order valence-electron chi connectivity index (χ1n) is 10.9. The van der Waals surface area contributed by atoms with Gasteiger partial charge in [-0.15, -0.1) is 0 Å². The maximum atomic E-state index is 14.9. The maximum absolute atomic E-state index is 14.9. The van der Waals surface area contributed by atoms with Gasteiger partial charge < -0.3 is 24.8 Å². The van der Waals surface area contributed by atoms with Gasteiger partial charge in [0.05, 0.1) is 34.9 Å². The first-order valence-corrected chi connectivity index (χ1v) is 11.3. The number of aryl methyl sites for hydroxylation is 1. The van der Waals surface area contributed by atoms with Gasteiger partial charge in [0.1, 0.15) is 30.0 Å². The molecule has 1 heterocycles. The number of amides is 1. The van der Waals surface area contributed by atoms with Crippen molar-refractivity contribution in [3.05, 3.63) is 82.1 Å². The largest absolute Gasteiger partial charge is 0.489 e. The molecule has 3 aromatic rings. The number of carboxylic acids is 1. The third-order valence-corrected chi connectivity index (χ3v) is 5.95. The van der Waals surface area contributed by atoms with Crippen molar-refractivity contribution in [2.45, 2.75) is 19.4 Å². The summed E-state index contributed by atoms with van der Waals surface area (Å²) >= 11 is 6.13. The van der Waals surface area contributed by atoms with Crippen LogP contribution in [0.25, 0.3) is 0 Å². The lowest BCUT2D eigenvalue weighted by Crippen LogP contribution is -2.41. The number of likely N-dealkylation sites (N-methyl/N-ethyl adjacent to an activating group) is 1. The standard InChI is InChI=1S/C26H24ClFN2O5/c1-15-9-18(26(33)29-21-10-16(11-25(31)32)7-8-19(21)27)20(28)12-24(15)34-14-17-13-30(2)22-5-3-4-6-23(22)35-17/h3-10,12,17H,11,13-14H2,1-2H3,(H,29,33)(H,31,32)/t17-/m0/s1. The van der Waals surface area contributed by atoms with Crippen molar-refractivity contribution in [2.24, 2.45) is 0 Å². The fourth-order valence-corrected chi connectivity index (χ4v) is 4.06. The lowest BCUT2D eigenvalue weighted by Gasteiger charge is -2.33. The van der Waals surface area contributed by atoms with Crippen molar-refractivity contribution < 1.29 is 28.6 Å². The number of nitrogens with zero attached hydrogens (tertiary/aromatic N) is 1. The third kappa shape index (κ3) is 5.66. The molecule has 0 saturated carbocycles. The van der Waals surface area contributed by atoms with Crippen molar-refractivity contribution in [3.63, 3.8) is 0 Å². The molecule has 7 nitrogen and oxygen atoms in total. The van der Waals surface area contributed by atoms with Crippen molar-refractivity contribution in [3.8, 4) is 11.5 Å². The van der Waals surface area contributed by atoms with E-state index in [9.17, 15) is 14.0 Å². The minimum absolute atomic E-state index is 0.183. The van der Waals surface area contributed by atoms with Gasteiger partial charge in [-0.05, 0) is 48.4 Å². The number of carbonyl (C=O) groups is 2. The summed E-state index contributed by atoms with van der Waals surface area (Å²) in [6.45, 7) is 2.53. The van der Waals surface area contributed by atoms with Gasteiger partial charge in [-0.2, -0.15) is 0 Å². The Morgan fingerprint density at radius 3 is 2.77 bits per heavy atom. The van der Waals surface area contributed by atoms with Crippen molar-refractivity contribution in [2.75, 3.05) is 30.4 Å². The summed E-state index contributed by atoms with van der Waals surface area (Å²) in [6, 6.07) is 14.8. The van der Waals surface area contributed by atoms with Crippen LogP contribution in [0.3, 0.4) is 0 Å². The van der Waals surface area contributed by atoms with Gasteiger partial charge in [0, 0.05) is 13.1 Å². The Kier molecular flexibility index (Phi) is 7.12. The second kappa shape index (κ2) is 10.2. The molecule has 1 amide bonds. The molecule has 0 bridgehead atoms. The zero-order valence-corrected chi connectivity index (χ0v) is 19.9. The highest BCUT2D eigenvalue weighted by Gasteiger charge is 2.24. The van der Waals surface area contributed by atoms with Crippen LogP contribution < -0.4 is 19.7 Å². The molecule has 9 heteroatoms. The van der Waals surface area contributed by atoms with E-state index < -0.39 is 17.7 Å². The minimum Gasteiger partial charge on any atom is -0.489 e. The van der Waals surface area contributed by atoms with Crippen molar-refractivity contribution in [1.29, 1.82) is 0 Å². The van der Waals surface area contributed by atoms with Crippen LogP contribution in [0.2, 0.25) is 5.02 Å². The Balaban J connectivity index is 1.44. The van der Waals surface area contributed by atoms with Crippen LogP contribution in [-0.4, -0.2) is 43.3 Å². The number of ether oxygens (including phenoxy) is 2. The third-order valence-electron chi connectivity index (χ3n) is 5.62. The molecule has 35 heavy (non-hydrogen) atoms. The highest BCUT2D eigenvalue weighted by atomic mass is 35.5. The number of carboxylic acid groups (broad SMARTS) is 1. The summed E-state index contributed by atoms with van der Waals surface area (Å²) in [5.41, 5.74) is 2.04. The van der Waals surface area contributed by atoms with Gasteiger partial charge >= 0.3 is 5.97 Å². The minimum atomic E-state index is -1.02. The van der Waals surface area contributed by atoms with Crippen molar-refractivity contribution in [1.82, 2.24) is 0 Å². The Morgan fingerprint density at radius 2 is 2.00 bits per heavy atom. The molecule has 182 valence electrons. The van der Waals surface area contributed by atoms with Crippen molar-refractivity contribution >= 4 is 34.9 Å². The molecular formula is C26H24ClFN2O5. The van der Waals surface area contributed by atoms with Gasteiger partial charge in [0.15, 0.2) is 0 Å². The lowest BCUT2D eigenvalue weighted by atomic mass is 10.1. The molecule has 1 atom stereocenters. The van der Waals surface area contributed by atoms with Crippen LogP contribution >= 0.6 is 11.6 Å². The zero-order chi connectivity index (χ0) is 25.1. The van der Waals surface area contributed by atoms with E-state index in [1.165, 1.54) is 24.3 Å². The summed E-state index contributed by atoms with van der Waals surface area (Å²) in [5, 5.41) is 11.7. The first kappa shape index (κ1) is 24.3. The Hall–Kier alpha value is -3.78. The topological polar surface area (TPSA) is 88.1 Å². The molecule has 0 aromatic heterocycles. The molecule has 0 radical (unpaired) electrons. The number of fused-ring (bicyclic) bond motifs is 1. The van der Waals surface area contributed by atoms with Crippen LogP contribution in [0.5, 0.6) is 11.5 Å². The number of carbonyl (C=O) groups excluding carboxylic acids is 1. The van der Waals surface area contributed by atoms with Gasteiger partial charge in [0.2, 0.25) is 0 Å². The molecular weight excluding hydrogens is 475 g/mol. The van der Waals surface area contributed by atoms with E-state index in [4.69, 9.17) is 26.2 Å². The molecule has 0 unspecified atom stereocenters. The number of nitrogens with one attached hydrogen (secondary N) is 1. The van der Waals surface area contributed by atoms with Gasteiger partial charge in [-0.1, -0.05) is 29.8 Å². The predicted octanol–water partition coefficient (Wildman–Crippen LogP) is 4.94. The monoisotopic (exact) mass is 498 g/mol. The van der Waals surface area contributed by atoms with Crippen LogP contribution in [0.4, 0.5) is 15.8 Å². The Morgan fingerprint density at radius 1 is 1.23 bits per heavy atom. The van der Waals surface area contributed by atoms with Crippen LogP contribution in [0.15, 0.2) is 54.6 Å². The average Bonchev–Trinajstić information content (AvgIpc) is 2.81. The van der Waals surface area contributed by atoms with E-state index in [0.717, 1.165) is 11.4 Å². The van der Waals surface area contributed by atoms with Crippen LogP contribution in [0.1, 0.15) is 21.5 Å². The summed E-state index contributed by atoms with van der Waals surface area (Å²) in [7, 11) is 1.97. The number of hydrogen-bond donors (Lipinski definition) is 2. The summed E-state index contributed by atoms with van der Waals surface area (Å²) in [4.78, 5) is 25.8. The van der Waals surface area contributed by atoms with E-state index in [1.807, 2.05) is 31.3 Å². The quantitative estimate of drug-likeness (QED) is 0.479. The summed E-state index contributed by atoms with van der Waals surface area (Å²) < 4.78 is 26.7. The molecule has 0 fully saturated rings. The molecule has 4 rings (SSSR count). The molecule has 0 saturated heterocycles. The number of benzene rings is 3. The molecule has 0 spiro atoms. The number of hydrogen-bond acceptors (Lipinski definition) is 5. The van der Waals surface area contributed by atoms with Gasteiger partial charge in [-0.3, -0.25) is 9.59 Å². The zero-order valence-electron chi connectivity index (χ0n) is 19.2. The van der Waals surface area contributed by atoms with Gasteiger partial charge in [-0.25, -0.2) is 4.39 Å². The fraction of sp³-hybridized carbons (Fsp3) is 0.231. The predicted molar refractivity (Wildman–Crippen MR) is 132 cm³/mol. The lowest BCUT2D eigenvalue weighted by molar-refractivity contribution is -0.136. The molecule has 0 aliphatic carbocycles. The Labute approximate surface area is 207 Å². The van der Waals surface area contributed by atoms with E-state index in [-0.39, 0.29) is 35.4 Å². The molecule has 3 aromatic carbocycles. The average molecular weight is 499 g/mol. The second-order valence-corrected chi connectivity index (χ2v) is 8.74. The van der Waals surface area contributed by atoms with Crippen LogP contribution in [0, 0.1) is 12.7 Å². The first-order chi connectivity index (χ1) is 16.7. The van der Waals surface area contributed by atoms with Gasteiger partial charge in [0.25, 0.3) is 5.91 Å². The van der Waals surface area contributed by atoms with E-state index in [1.54, 1.807) is 13.0 Å². The van der Waals surface area contributed by atoms with E-state index >= 15 is 0 Å². The Bertz CT molecular complexity index is 1280. The highest BCUT2D eigenvalue weighted by Crippen LogP contribution is 2.32. The van der Waals surface area contributed by atoms with Crippen LogP contribution in [-0.2, 0) is 11.2 Å². The van der Waals surface area contributed by atoms with E-state index in [0.29, 0.717) is 23.4 Å². The molecule has 1 aliphatic heterocycles. The molecule has 1 aliphatic rings. The summed E-state index contributed by atoms with van der Waals surface area (Å²) in [6.07, 6.45) is -0.480. The smallest absolute Gasteiger partial charge is 0.307 e. The SMILES string of the molecule is Cc1cc(C(=O)Nc2cc(CC(=O)O)ccc2Cl)c(F)cc1OC[C@@H]1CN(C)c2ccccc2O1. The number of halogens is 2. The number of aliphatic carboxylic acids is 1. The number of anilines is 2. The highest BCUT2D eigenvalue weighted by molar-refractivity contribution is 6.34. The second-order valence-electron chi connectivity index (χ2n) is 8.34. The summed E-state index contributed by atoms with van der Waals surface area (Å²) in [5.74, 6) is -1.41. The normalized spacial score (nSPS) is 14.6.